The number of nitrogens with zero attached hydrogens (tertiary/aromatic N) is 3. The van der Waals surface area contributed by atoms with Crippen molar-refractivity contribution in [1.82, 2.24) is 14.8 Å². The summed E-state index contributed by atoms with van der Waals surface area (Å²) in [5.74, 6) is 1.31. The SMILES string of the molecule is COc1ccc(-c2nc(C(=O)N3CCN(Cc4ccccc4)CC3)cs2)cc1OC. The van der Waals surface area contributed by atoms with Gasteiger partial charge < -0.3 is 14.4 Å². The van der Waals surface area contributed by atoms with Crippen LogP contribution in [0.5, 0.6) is 11.5 Å². The Morgan fingerprint density at radius 3 is 2.43 bits per heavy atom. The Morgan fingerprint density at radius 2 is 1.73 bits per heavy atom. The maximum absolute atomic E-state index is 12.9. The molecule has 30 heavy (non-hydrogen) atoms. The molecule has 3 aromatic rings. The Morgan fingerprint density at radius 1 is 1.00 bits per heavy atom. The van der Waals surface area contributed by atoms with Crippen LogP contribution in [0.15, 0.2) is 53.9 Å². The quantitative estimate of drug-likeness (QED) is 0.604. The van der Waals surface area contributed by atoms with Gasteiger partial charge in [-0.25, -0.2) is 4.98 Å². The summed E-state index contributed by atoms with van der Waals surface area (Å²) in [6, 6.07) is 16.1. The van der Waals surface area contributed by atoms with Crippen LogP contribution in [0, 0.1) is 0 Å². The summed E-state index contributed by atoms with van der Waals surface area (Å²) >= 11 is 1.46. The van der Waals surface area contributed by atoms with Crippen molar-refractivity contribution in [3.8, 4) is 22.1 Å². The first-order valence-corrected chi connectivity index (χ1v) is 10.8. The molecule has 1 aromatic heterocycles. The van der Waals surface area contributed by atoms with E-state index in [1.54, 1.807) is 14.2 Å². The summed E-state index contributed by atoms with van der Waals surface area (Å²) in [6.45, 7) is 4.09. The Kier molecular flexibility index (Phi) is 6.30. The van der Waals surface area contributed by atoms with Crippen LogP contribution < -0.4 is 9.47 Å². The number of ether oxygens (including phenoxy) is 2. The van der Waals surface area contributed by atoms with Crippen molar-refractivity contribution < 1.29 is 14.3 Å². The zero-order chi connectivity index (χ0) is 20.9. The average Bonchev–Trinajstić information content (AvgIpc) is 3.29. The second-order valence-corrected chi connectivity index (χ2v) is 8.02. The molecule has 156 valence electrons. The maximum Gasteiger partial charge on any atom is 0.273 e. The highest BCUT2D eigenvalue weighted by Crippen LogP contribution is 2.33. The number of carbonyl (C=O) groups excluding carboxylic acids is 1. The zero-order valence-corrected chi connectivity index (χ0v) is 18.0. The third-order valence-corrected chi connectivity index (χ3v) is 6.15. The van der Waals surface area contributed by atoms with Gasteiger partial charge in [-0.15, -0.1) is 11.3 Å². The summed E-state index contributed by atoms with van der Waals surface area (Å²) in [6.07, 6.45) is 0. The summed E-state index contributed by atoms with van der Waals surface area (Å²) < 4.78 is 10.7. The van der Waals surface area contributed by atoms with Gasteiger partial charge in [0.2, 0.25) is 0 Å². The smallest absolute Gasteiger partial charge is 0.273 e. The second-order valence-electron chi connectivity index (χ2n) is 7.16. The van der Waals surface area contributed by atoms with E-state index < -0.39 is 0 Å². The Hall–Kier alpha value is -2.90. The van der Waals surface area contributed by atoms with E-state index in [2.05, 4.69) is 34.1 Å². The van der Waals surface area contributed by atoms with E-state index in [1.165, 1.54) is 16.9 Å². The van der Waals surface area contributed by atoms with Crippen molar-refractivity contribution in [2.75, 3.05) is 40.4 Å². The van der Waals surface area contributed by atoms with Crippen molar-refractivity contribution in [2.45, 2.75) is 6.54 Å². The van der Waals surface area contributed by atoms with Crippen LogP contribution in [-0.4, -0.2) is 61.1 Å². The maximum atomic E-state index is 12.9. The van der Waals surface area contributed by atoms with E-state index in [-0.39, 0.29) is 5.91 Å². The lowest BCUT2D eigenvalue weighted by atomic mass is 10.2. The molecule has 1 amide bonds. The molecule has 2 heterocycles. The summed E-state index contributed by atoms with van der Waals surface area (Å²) in [5.41, 5.74) is 2.71. The molecule has 1 aliphatic heterocycles. The van der Waals surface area contributed by atoms with Crippen molar-refractivity contribution in [3.05, 3.63) is 65.2 Å². The molecule has 0 N–H and O–H groups in total. The zero-order valence-electron chi connectivity index (χ0n) is 17.2. The van der Waals surface area contributed by atoms with Crippen LogP contribution in [0.4, 0.5) is 0 Å². The van der Waals surface area contributed by atoms with Gasteiger partial charge in [0.15, 0.2) is 11.5 Å². The van der Waals surface area contributed by atoms with E-state index in [0.29, 0.717) is 17.2 Å². The fraction of sp³-hybridized carbons (Fsp3) is 0.304. The minimum atomic E-state index is -0.00247. The molecule has 2 aromatic carbocycles. The van der Waals surface area contributed by atoms with Crippen LogP contribution in [0.3, 0.4) is 0 Å². The number of rotatable bonds is 6. The molecule has 1 fully saturated rings. The summed E-state index contributed by atoms with van der Waals surface area (Å²) in [4.78, 5) is 21.8. The van der Waals surface area contributed by atoms with Crippen molar-refractivity contribution >= 4 is 17.2 Å². The lowest BCUT2D eigenvalue weighted by molar-refractivity contribution is 0.0623. The van der Waals surface area contributed by atoms with Gasteiger partial charge in [0.05, 0.1) is 14.2 Å². The number of hydrogen-bond acceptors (Lipinski definition) is 6. The molecule has 4 rings (SSSR count). The molecule has 0 radical (unpaired) electrons. The molecular formula is C23H25N3O3S. The van der Waals surface area contributed by atoms with Crippen LogP contribution in [0.2, 0.25) is 0 Å². The highest BCUT2D eigenvalue weighted by Gasteiger charge is 2.24. The molecule has 0 atom stereocenters. The molecule has 0 aliphatic carbocycles. The van der Waals surface area contributed by atoms with E-state index in [0.717, 1.165) is 43.3 Å². The predicted molar refractivity (Wildman–Crippen MR) is 118 cm³/mol. The minimum Gasteiger partial charge on any atom is -0.493 e. The van der Waals surface area contributed by atoms with Gasteiger partial charge >= 0.3 is 0 Å². The topological polar surface area (TPSA) is 54.9 Å². The fourth-order valence-corrected chi connectivity index (χ4v) is 4.38. The molecular weight excluding hydrogens is 398 g/mol. The van der Waals surface area contributed by atoms with E-state index in [9.17, 15) is 4.79 Å². The lowest BCUT2D eigenvalue weighted by Crippen LogP contribution is -2.48. The molecule has 0 saturated carbocycles. The molecule has 0 spiro atoms. The van der Waals surface area contributed by atoms with Crippen LogP contribution >= 0.6 is 11.3 Å². The minimum absolute atomic E-state index is 0.00247. The second kappa shape index (κ2) is 9.28. The van der Waals surface area contributed by atoms with Gasteiger partial charge in [-0.1, -0.05) is 30.3 Å². The number of benzene rings is 2. The first-order valence-electron chi connectivity index (χ1n) is 9.91. The number of piperazine rings is 1. The van der Waals surface area contributed by atoms with E-state index in [1.807, 2.05) is 34.5 Å². The van der Waals surface area contributed by atoms with Crippen molar-refractivity contribution in [2.24, 2.45) is 0 Å². The first kappa shape index (κ1) is 20.4. The third kappa shape index (κ3) is 4.47. The Labute approximate surface area is 180 Å². The van der Waals surface area contributed by atoms with E-state index >= 15 is 0 Å². The standard InChI is InChI=1S/C23H25N3O3S/c1-28-20-9-8-18(14-21(20)29-2)22-24-19(16-30-22)23(27)26-12-10-25(11-13-26)15-17-6-4-3-5-7-17/h3-9,14,16H,10-13,15H2,1-2H3. The summed E-state index contributed by atoms with van der Waals surface area (Å²) in [7, 11) is 3.22. The average molecular weight is 424 g/mol. The molecule has 7 heteroatoms. The number of carbonyl (C=O) groups is 1. The Balaban J connectivity index is 1.39. The van der Waals surface area contributed by atoms with Gasteiger partial charge in [-0.2, -0.15) is 0 Å². The monoisotopic (exact) mass is 423 g/mol. The van der Waals surface area contributed by atoms with Gasteiger partial charge in [0, 0.05) is 43.7 Å². The lowest BCUT2D eigenvalue weighted by Gasteiger charge is -2.34. The number of amides is 1. The van der Waals surface area contributed by atoms with Crippen LogP contribution in [-0.2, 0) is 6.54 Å². The molecule has 6 nitrogen and oxygen atoms in total. The van der Waals surface area contributed by atoms with Crippen molar-refractivity contribution in [1.29, 1.82) is 0 Å². The number of hydrogen-bond donors (Lipinski definition) is 0. The normalized spacial score (nSPS) is 14.5. The van der Waals surface area contributed by atoms with Gasteiger partial charge in [-0.05, 0) is 23.8 Å². The highest BCUT2D eigenvalue weighted by molar-refractivity contribution is 7.13. The molecule has 1 aliphatic rings. The van der Waals surface area contributed by atoms with Gasteiger partial charge in [-0.3, -0.25) is 9.69 Å². The van der Waals surface area contributed by atoms with E-state index in [4.69, 9.17) is 9.47 Å². The van der Waals surface area contributed by atoms with Crippen molar-refractivity contribution in [3.63, 3.8) is 0 Å². The van der Waals surface area contributed by atoms with Crippen LogP contribution in [0.25, 0.3) is 10.6 Å². The van der Waals surface area contributed by atoms with Crippen LogP contribution in [0.1, 0.15) is 16.1 Å². The fourth-order valence-electron chi connectivity index (χ4n) is 3.59. The molecule has 1 saturated heterocycles. The highest BCUT2D eigenvalue weighted by atomic mass is 32.1. The molecule has 0 bridgehead atoms. The molecule has 0 unspecified atom stereocenters. The largest absolute Gasteiger partial charge is 0.493 e. The predicted octanol–water partition coefficient (Wildman–Crippen LogP) is 3.79. The number of thiazole rings is 1. The number of aromatic nitrogens is 1. The first-order chi connectivity index (χ1) is 14.7. The van der Waals surface area contributed by atoms with Gasteiger partial charge in [0.1, 0.15) is 10.7 Å². The number of methoxy groups -OCH3 is 2. The van der Waals surface area contributed by atoms with Gasteiger partial charge in [0.25, 0.3) is 5.91 Å². The summed E-state index contributed by atoms with van der Waals surface area (Å²) in [5, 5.41) is 2.63. The third-order valence-electron chi connectivity index (χ3n) is 5.26. The Bertz CT molecular complexity index is 998.